The van der Waals surface area contributed by atoms with Gasteiger partial charge in [0.1, 0.15) is 0 Å². The maximum Gasteiger partial charge on any atom is 0.416 e. The summed E-state index contributed by atoms with van der Waals surface area (Å²) in [6.45, 7) is 6.83. The average molecular weight is 407 g/mol. The van der Waals surface area contributed by atoms with Crippen LogP contribution >= 0.6 is 0 Å². The van der Waals surface area contributed by atoms with Crippen LogP contribution in [0, 0.1) is 5.92 Å². The minimum absolute atomic E-state index is 0.117. The molecule has 1 heterocycles. The third kappa shape index (κ3) is 6.47. The van der Waals surface area contributed by atoms with Gasteiger partial charge < -0.3 is 4.90 Å². The number of sulfonamides is 1. The zero-order valence-electron chi connectivity index (χ0n) is 16.2. The molecule has 0 amide bonds. The Kier molecular flexibility index (Phi) is 7.33. The van der Waals surface area contributed by atoms with E-state index >= 15 is 0 Å². The van der Waals surface area contributed by atoms with Crippen molar-refractivity contribution in [3.05, 3.63) is 35.4 Å². The van der Waals surface area contributed by atoms with Crippen molar-refractivity contribution in [1.29, 1.82) is 0 Å². The summed E-state index contributed by atoms with van der Waals surface area (Å²) in [7, 11) is -3.13. The van der Waals surface area contributed by atoms with Gasteiger partial charge in [-0.3, -0.25) is 0 Å². The second-order valence-corrected chi connectivity index (χ2v) is 9.43. The van der Waals surface area contributed by atoms with Crippen molar-refractivity contribution in [3.8, 4) is 0 Å². The normalized spacial score (nSPS) is 18.8. The lowest BCUT2D eigenvalue weighted by atomic mass is 9.96. The molecule has 4 nitrogen and oxygen atoms in total. The van der Waals surface area contributed by atoms with Gasteiger partial charge in [-0.05, 0) is 50.3 Å². The van der Waals surface area contributed by atoms with Crippen LogP contribution in [0.3, 0.4) is 0 Å². The minimum Gasteiger partial charge on any atom is -0.300 e. The molecule has 0 spiro atoms. The van der Waals surface area contributed by atoms with Gasteiger partial charge in [0.05, 0.1) is 11.8 Å². The Balaban J connectivity index is 1.94. The highest BCUT2D eigenvalue weighted by Gasteiger charge is 2.31. The van der Waals surface area contributed by atoms with Crippen molar-refractivity contribution >= 4 is 10.0 Å². The fraction of sp³-hybridized carbons (Fsp3) is 0.684. The van der Waals surface area contributed by atoms with E-state index in [-0.39, 0.29) is 6.04 Å². The van der Waals surface area contributed by atoms with Crippen molar-refractivity contribution < 1.29 is 21.6 Å². The van der Waals surface area contributed by atoms with Crippen LogP contribution in [0.4, 0.5) is 13.2 Å². The monoisotopic (exact) mass is 406 g/mol. The molecule has 27 heavy (non-hydrogen) atoms. The molecule has 2 rings (SSSR count). The van der Waals surface area contributed by atoms with E-state index in [1.165, 1.54) is 22.7 Å². The summed E-state index contributed by atoms with van der Waals surface area (Å²) in [5.41, 5.74) is 0.0751. The lowest BCUT2D eigenvalue weighted by Crippen LogP contribution is -2.43. The van der Waals surface area contributed by atoms with Crippen molar-refractivity contribution in [2.45, 2.75) is 45.3 Å². The molecule has 0 aromatic heterocycles. The first-order valence-electron chi connectivity index (χ1n) is 9.36. The van der Waals surface area contributed by atoms with Crippen molar-refractivity contribution in [3.63, 3.8) is 0 Å². The topological polar surface area (TPSA) is 40.6 Å². The first-order valence-corrected chi connectivity index (χ1v) is 11.2. The molecule has 0 bridgehead atoms. The molecule has 1 aromatic carbocycles. The Labute approximate surface area is 160 Å². The first kappa shape index (κ1) is 22.2. The number of hydrogen-bond donors (Lipinski definition) is 0. The average Bonchev–Trinajstić information content (AvgIpc) is 2.58. The van der Waals surface area contributed by atoms with E-state index in [4.69, 9.17) is 0 Å². The van der Waals surface area contributed by atoms with E-state index < -0.39 is 21.8 Å². The van der Waals surface area contributed by atoms with Crippen LogP contribution in [0.5, 0.6) is 0 Å². The quantitative estimate of drug-likeness (QED) is 0.694. The zero-order chi connectivity index (χ0) is 20.2. The van der Waals surface area contributed by atoms with Crippen molar-refractivity contribution in [2.75, 3.05) is 32.4 Å². The largest absolute Gasteiger partial charge is 0.416 e. The van der Waals surface area contributed by atoms with E-state index in [0.29, 0.717) is 31.0 Å². The Hall–Kier alpha value is -1.12. The number of hydrogen-bond acceptors (Lipinski definition) is 3. The molecular formula is C19H29F3N2O2S. The lowest BCUT2D eigenvalue weighted by Gasteiger charge is -2.36. The van der Waals surface area contributed by atoms with Gasteiger partial charge in [-0.15, -0.1) is 0 Å². The van der Waals surface area contributed by atoms with Gasteiger partial charge in [0.25, 0.3) is 0 Å². The predicted molar refractivity (Wildman–Crippen MR) is 101 cm³/mol. The van der Waals surface area contributed by atoms with Crippen LogP contribution in [-0.4, -0.2) is 56.1 Å². The number of alkyl halides is 3. The summed E-state index contributed by atoms with van der Waals surface area (Å²) in [5, 5.41) is 0. The fourth-order valence-corrected chi connectivity index (χ4v) is 4.59. The molecule has 1 aromatic rings. The van der Waals surface area contributed by atoms with E-state index in [2.05, 4.69) is 4.90 Å². The van der Waals surface area contributed by atoms with Crippen LogP contribution in [0.15, 0.2) is 24.3 Å². The molecule has 0 unspecified atom stereocenters. The molecule has 1 saturated heterocycles. The van der Waals surface area contributed by atoms with Gasteiger partial charge in [-0.2, -0.15) is 13.2 Å². The third-order valence-corrected chi connectivity index (χ3v) is 6.65. The number of halogens is 3. The summed E-state index contributed by atoms with van der Waals surface area (Å²) in [6.07, 6.45) is -0.889. The molecule has 154 valence electrons. The van der Waals surface area contributed by atoms with E-state index in [0.717, 1.165) is 32.0 Å². The highest BCUT2D eigenvalue weighted by Crippen LogP contribution is 2.30. The smallest absolute Gasteiger partial charge is 0.300 e. The van der Waals surface area contributed by atoms with Gasteiger partial charge in [0, 0.05) is 25.7 Å². The Bertz CT molecular complexity index is 714. The molecular weight excluding hydrogens is 377 g/mol. The summed E-state index contributed by atoms with van der Waals surface area (Å²) in [4.78, 5) is 2.28. The molecule has 1 aliphatic rings. The number of piperidine rings is 1. The number of likely N-dealkylation sites (N-methyl/N-ethyl adjacent to an activating group) is 1. The van der Waals surface area contributed by atoms with E-state index in [1.54, 1.807) is 6.07 Å². The Morgan fingerprint density at radius 3 is 2.41 bits per heavy atom. The molecule has 0 N–H and O–H groups in total. The van der Waals surface area contributed by atoms with Gasteiger partial charge >= 0.3 is 6.18 Å². The Morgan fingerprint density at radius 1 is 1.26 bits per heavy atom. The third-order valence-electron chi connectivity index (χ3n) is 5.35. The summed E-state index contributed by atoms with van der Waals surface area (Å²) in [5.74, 6) is 0.409. The van der Waals surface area contributed by atoms with Gasteiger partial charge in [0.2, 0.25) is 10.0 Å². The Morgan fingerprint density at radius 2 is 1.89 bits per heavy atom. The van der Waals surface area contributed by atoms with Gasteiger partial charge in [0.15, 0.2) is 0 Å². The molecule has 1 aliphatic heterocycles. The number of nitrogens with zero attached hydrogens (tertiary/aromatic N) is 2. The molecule has 1 fully saturated rings. The minimum atomic E-state index is -4.32. The second-order valence-electron chi connectivity index (χ2n) is 7.44. The molecule has 0 radical (unpaired) electrons. The number of benzene rings is 1. The van der Waals surface area contributed by atoms with Crippen LogP contribution in [0.25, 0.3) is 0 Å². The van der Waals surface area contributed by atoms with Gasteiger partial charge in [-0.1, -0.05) is 25.1 Å². The lowest BCUT2D eigenvalue weighted by molar-refractivity contribution is -0.137. The molecule has 0 saturated carbocycles. The molecule has 1 atom stereocenters. The summed E-state index contributed by atoms with van der Waals surface area (Å²) >= 11 is 0. The predicted octanol–water partition coefficient (Wildman–Crippen LogP) is 3.63. The van der Waals surface area contributed by atoms with Gasteiger partial charge in [-0.25, -0.2) is 12.7 Å². The summed E-state index contributed by atoms with van der Waals surface area (Å²) in [6, 6.07) is 5.65. The molecule has 0 aliphatic carbocycles. The van der Waals surface area contributed by atoms with Crippen LogP contribution in [-0.2, 0) is 22.6 Å². The maximum absolute atomic E-state index is 12.9. The van der Waals surface area contributed by atoms with E-state index in [1.807, 2.05) is 13.8 Å². The fourth-order valence-electron chi connectivity index (χ4n) is 3.72. The highest BCUT2D eigenvalue weighted by atomic mass is 32.2. The number of rotatable bonds is 7. The highest BCUT2D eigenvalue weighted by molar-refractivity contribution is 7.88. The van der Waals surface area contributed by atoms with Crippen LogP contribution in [0.2, 0.25) is 0 Å². The SMILES string of the molecule is CCN(CC1CCN(S(C)(=O)=O)CC1)[C@@H](C)Cc1cccc(C(F)(F)F)c1. The molecule has 8 heteroatoms. The first-order chi connectivity index (χ1) is 12.5. The zero-order valence-corrected chi connectivity index (χ0v) is 17.0. The van der Waals surface area contributed by atoms with Crippen molar-refractivity contribution in [1.82, 2.24) is 9.21 Å². The van der Waals surface area contributed by atoms with E-state index in [9.17, 15) is 21.6 Å². The van der Waals surface area contributed by atoms with Crippen molar-refractivity contribution in [2.24, 2.45) is 5.92 Å². The van der Waals surface area contributed by atoms with Crippen LogP contribution in [0.1, 0.15) is 37.8 Å². The summed E-state index contributed by atoms with van der Waals surface area (Å²) < 4.78 is 63.4. The standard InChI is InChI=1S/C19H29F3N2O2S/c1-4-23(14-16-8-10-24(11-9-16)27(3,25)26)15(2)12-17-6-5-7-18(13-17)19(20,21)22/h5-7,13,15-16H,4,8-12,14H2,1-3H3/t15-/m0/s1. The maximum atomic E-state index is 12.9. The van der Waals surface area contributed by atoms with Crippen LogP contribution < -0.4 is 0 Å². The second kappa shape index (κ2) is 8.92.